The van der Waals surface area contributed by atoms with Crippen LogP contribution in [-0.2, 0) is 4.74 Å². The number of hydrogen-bond donors (Lipinski definition) is 2. The Labute approximate surface area is 153 Å². The fraction of sp³-hybridized carbons (Fsp3) is 0.333. The van der Waals surface area contributed by atoms with Gasteiger partial charge in [0.25, 0.3) is 5.91 Å². The number of pyridine rings is 1. The number of aromatic nitrogens is 1. The van der Waals surface area contributed by atoms with Crippen molar-refractivity contribution in [1.29, 1.82) is 0 Å². The smallest absolute Gasteiger partial charge is 0.269 e. The Kier molecular flexibility index (Phi) is 10.9. The number of ether oxygens (including phenoxy) is 1. The van der Waals surface area contributed by atoms with Gasteiger partial charge in [-0.25, -0.2) is 4.98 Å². The highest BCUT2D eigenvalue weighted by molar-refractivity contribution is 6.31. The lowest BCUT2D eigenvalue weighted by molar-refractivity contribution is 0.0949. The Morgan fingerprint density at radius 1 is 1.17 bits per heavy atom. The lowest BCUT2D eigenvalue weighted by Gasteiger charge is -2.07. The molecule has 1 aromatic carbocycles. The van der Waals surface area contributed by atoms with E-state index < -0.39 is 0 Å². The summed E-state index contributed by atoms with van der Waals surface area (Å²) >= 11 is 5.94. The molecule has 0 saturated heterocycles. The van der Waals surface area contributed by atoms with Crippen molar-refractivity contribution in [3.05, 3.63) is 41.0 Å². The molecule has 0 fully saturated rings. The molecule has 1 amide bonds. The lowest BCUT2D eigenvalue weighted by atomic mass is 10.2. The van der Waals surface area contributed by atoms with Gasteiger partial charge in [0, 0.05) is 37.2 Å². The zero-order valence-electron chi connectivity index (χ0n) is 12.7. The predicted octanol–water partition coefficient (Wildman–Crippen LogP) is 2.70. The average Bonchev–Trinajstić information content (AvgIpc) is 2.49. The maximum Gasteiger partial charge on any atom is 0.269 e. The summed E-state index contributed by atoms with van der Waals surface area (Å²) in [4.78, 5) is 16.3. The van der Waals surface area contributed by atoms with Crippen molar-refractivity contribution in [3.63, 3.8) is 0 Å². The van der Waals surface area contributed by atoms with E-state index in [1.54, 1.807) is 25.3 Å². The van der Waals surface area contributed by atoms with Gasteiger partial charge in [-0.2, -0.15) is 0 Å². The summed E-state index contributed by atoms with van der Waals surface area (Å²) in [6.45, 7) is 2.65. The number of rotatable bonds is 7. The van der Waals surface area contributed by atoms with Gasteiger partial charge in [-0.15, -0.1) is 24.8 Å². The zero-order valence-corrected chi connectivity index (χ0v) is 15.1. The van der Waals surface area contributed by atoms with Crippen LogP contribution in [0.5, 0.6) is 0 Å². The minimum Gasteiger partial charge on any atom is -0.383 e. The van der Waals surface area contributed by atoms with Gasteiger partial charge in [0.2, 0.25) is 0 Å². The van der Waals surface area contributed by atoms with E-state index in [2.05, 4.69) is 15.6 Å². The number of carbonyl (C=O) groups is 1. The van der Waals surface area contributed by atoms with Crippen LogP contribution in [0.2, 0.25) is 5.02 Å². The number of amides is 1. The van der Waals surface area contributed by atoms with Crippen LogP contribution in [-0.4, -0.2) is 44.2 Å². The van der Waals surface area contributed by atoms with Crippen molar-refractivity contribution in [1.82, 2.24) is 15.6 Å². The summed E-state index contributed by atoms with van der Waals surface area (Å²) in [5.74, 6) is -0.189. The van der Waals surface area contributed by atoms with Crippen molar-refractivity contribution < 1.29 is 9.53 Å². The number of nitrogens with one attached hydrogen (secondary N) is 2. The minimum atomic E-state index is -0.189. The van der Waals surface area contributed by atoms with Crippen LogP contribution in [0.25, 0.3) is 10.9 Å². The largest absolute Gasteiger partial charge is 0.383 e. The second kappa shape index (κ2) is 11.4. The van der Waals surface area contributed by atoms with E-state index in [4.69, 9.17) is 16.3 Å². The molecular weight excluding hydrogens is 361 g/mol. The highest BCUT2D eigenvalue weighted by Crippen LogP contribution is 2.17. The van der Waals surface area contributed by atoms with Gasteiger partial charge in [-0.1, -0.05) is 23.7 Å². The van der Waals surface area contributed by atoms with E-state index in [1.165, 1.54) is 0 Å². The number of nitrogens with zero attached hydrogens (tertiary/aromatic N) is 1. The number of carbonyl (C=O) groups excluding carboxylic acids is 1. The van der Waals surface area contributed by atoms with Crippen LogP contribution in [0.3, 0.4) is 0 Å². The summed E-state index contributed by atoms with van der Waals surface area (Å²) < 4.78 is 4.92. The van der Waals surface area contributed by atoms with E-state index in [-0.39, 0.29) is 30.7 Å². The van der Waals surface area contributed by atoms with Gasteiger partial charge in [0.1, 0.15) is 5.69 Å². The molecule has 0 aliphatic carbocycles. The molecule has 0 bridgehead atoms. The number of methoxy groups -OCH3 is 1. The molecule has 2 rings (SSSR count). The van der Waals surface area contributed by atoms with Gasteiger partial charge in [0.05, 0.1) is 12.1 Å². The minimum absolute atomic E-state index is 0. The predicted molar refractivity (Wildman–Crippen MR) is 98.3 cm³/mol. The van der Waals surface area contributed by atoms with Crippen LogP contribution in [0, 0.1) is 0 Å². The van der Waals surface area contributed by atoms with Crippen LogP contribution < -0.4 is 10.6 Å². The molecule has 2 N–H and O–H groups in total. The van der Waals surface area contributed by atoms with Crippen molar-refractivity contribution in [2.24, 2.45) is 0 Å². The van der Waals surface area contributed by atoms with E-state index >= 15 is 0 Å². The second-order valence-corrected chi connectivity index (χ2v) is 4.97. The Morgan fingerprint density at radius 3 is 2.65 bits per heavy atom. The summed E-state index contributed by atoms with van der Waals surface area (Å²) in [6.07, 6.45) is 0. The number of halogens is 3. The Morgan fingerprint density at radius 2 is 1.91 bits per heavy atom. The molecule has 5 nitrogen and oxygen atoms in total. The monoisotopic (exact) mass is 379 g/mol. The lowest BCUT2D eigenvalue weighted by Crippen LogP contribution is -2.33. The van der Waals surface area contributed by atoms with Crippen molar-refractivity contribution >= 4 is 53.2 Å². The molecule has 2 aromatic rings. The Bertz CT molecular complexity index is 626. The van der Waals surface area contributed by atoms with E-state index in [0.717, 1.165) is 11.9 Å². The van der Waals surface area contributed by atoms with E-state index in [1.807, 2.05) is 12.1 Å². The molecule has 128 valence electrons. The maximum atomic E-state index is 12.0. The Balaban J connectivity index is 0.00000242. The van der Waals surface area contributed by atoms with Crippen molar-refractivity contribution in [2.75, 3.05) is 33.4 Å². The number of fused-ring (bicyclic) bond motifs is 1. The third-order valence-electron chi connectivity index (χ3n) is 2.96. The first kappa shape index (κ1) is 21.9. The van der Waals surface area contributed by atoms with E-state index in [0.29, 0.717) is 35.9 Å². The quantitative estimate of drug-likeness (QED) is 0.725. The fourth-order valence-corrected chi connectivity index (χ4v) is 2.04. The highest BCUT2D eigenvalue weighted by atomic mass is 35.5. The standard InChI is InChI=1S/C15H18ClN3O2.2ClH/c1-21-9-8-17-6-7-18-15(20)13-5-3-11-2-4-12(16)10-14(11)19-13;;/h2-5,10,17H,6-9H2,1H3,(H,18,20);2*1H. The van der Waals surface area contributed by atoms with Crippen LogP contribution in [0.15, 0.2) is 30.3 Å². The average molecular weight is 381 g/mol. The first-order valence-electron chi connectivity index (χ1n) is 6.75. The summed E-state index contributed by atoms with van der Waals surface area (Å²) in [5, 5.41) is 7.53. The molecule has 0 saturated carbocycles. The summed E-state index contributed by atoms with van der Waals surface area (Å²) in [6, 6.07) is 9.01. The van der Waals surface area contributed by atoms with Gasteiger partial charge < -0.3 is 15.4 Å². The highest BCUT2D eigenvalue weighted by Gasteiger charge is 2.07. The van der Waals surface area contributed by atoms with Gasteiger partial charge in [-0.05, 0) is 18.2 Å². The first-order valence-corrected chi connectivity index (χ1v) is 7.12. The Hall–Kier alpha value is -1.11. The molecule has 0 atom stereocenters. The van der Waals surface area contributed by atoms with Gasteiger partial charge in [-0.3, -0.25) is 4.79 Å². The molecule has 0 aliphatic rings. The molecule has 23 heavy (non-hydrogen) atoms. The van der Waals surface area contributed by atoms with Crippen LogP contribution >= 0.6 is 36.4 Å². The second-order valence-electron chi connectivity index (χ2n) is 4.53. The first-order chi connectivity index (χ1) is 10.2. The maximum absolute atomic E-state index is 12.0. The fourth-order valence-electron chi connectivity index (χ4n) is 1.87. The molecule has 0 spiro atoms. The topological polar surface area (TPSA) is 63.2 Å². The molecular formula is C15H20Cl3N3O2. The SMILES string of the molecule is COCCNCCNC(=O)c1ccc2ccc(Cl)cc2n1.Cl.Cl. The number of hydrogen-bond acceptors (Lipinski definition) is 4. The van der Waals surface area contributed by atoms with Crippen LogP contribution in [0.1, 0.15) is 10.5 Å². The molecule has 0 unspecified atom stereocenters. The molecule has 8 heteroatoms. The van der Waals surface area contributed by atoms with Crippen molar-refractivity contribution in [3.8, 4) is 0 Å². The zero-order chi connectivity index (χ0) is 15.1. The number of benzene rings is 1. The third kappa shape index (κ3) is 6.89. The summed E-state index contributed by atoms with van der Waals surface area (Å²) in [7, 11) is 1.65. The molecule has 1 heterocycles. The van der Waals surface area contributed by atoms with Gasteiger partial charge >= 0.3 is 0 Å². The third-order valence-corrected chi connectivity index (χ3v) is 3.19. The van der Waals surface area contributed by atoms with Gasteiger partial charge in [0.15, 0.2) is 0 Å². The van der Waals surface area contributed by atoms with Crippen LogP contribution in [0.4, 0.5) is 0 Å². The summed E-state index contributed by atoms with van der Waals surface area (Å²) in [5.41, 5.74) is 1.11. The molecule has 0 aliphatic heterocycles. The van der Waals surface area contributed by atoms with E-state index in [9.17, 15) is 4.79 Å². The van der Waals surface area contributed by atoms with Crippen molar-refractivity contribution in [2.45, 2.75) is 0 Å². The normalized spacial score (nSPS) is 9.83. The molecule has 0 radical (unpaired) electrons. The molecule has 1 aromatic heterocycles.